The summed E-state index contributed by atoms with van der Waals surface area (Å²) in [5.41, 5.74) is 0.670. The van der Waals surface area contributed by atoms with Crippen LogP contribution in [0.15, 0.2) is 32.7 Å². The standard InChI is InChI=1S/C10H10N4O3S/c1-6-12-13-10(17-6)18-9-4-7(11-2)3-8(5-9)14(15)16/h3-5,11H,1-2H3. The van der Waals surface area contributed by atoms with Gasteiger partial charge in [0, 0.05) is 36.7 Å². The minimum absolute atomic E-state index is 0.0144. The van der Waals surface area contributed by atoms with E-state index >= 15 is 0 Å². The number of nitrogens with zero attached hydrogens (tertiary/aromatic N) is 3. The van der Waals surface area contributed by atoms with Gasteiger partial charge in [0.25, 0.3) is 10.9 Å². The van der Waals surface area contributed by atoms with Crippen LogP contribution < -0.4 is 5.32 Å². The largest absolute Gasteiger partial charge is 0.416 e. The van der Waals surface area contributed by atoms with Gasteiger partial charge in [-0.15, -0.1) is 10.2 Å². The minimum atomic E-state index is -0.441. The summed E-state index contributed by atoms with van der Waals surface area (Å²) in [5.74, 6) is 0.455. The average Bonchev–Trinajstić information content (AvgIpc) is 2.74. The number of aryl methyl sites for hydroxylation is 1. The molecule has 0 saturated heterocycles. The number of non-ortho nitro benzene ring substituents is 1. The molecule has 1 aromatic heterocycles. The number of rotatable bonds is 4. The van der Waals surface area contributed by atoms with E-state index in [0.717, 1.165) is 0 Å². The number of nitro benzene ring substituents is 1. The lowest BCUT2D eigenvalue weighted by Gasteiger charge is -2.03. The molecule has 0 aliphatic carbocycles. The van der Waals surface area contributed by atoms with Gasteiger partial charge in [0.05, 0.1) is 4.92 Å². The molecule has 0 atom stereocenters. The first-order valence-electron chi connectivity index (χ1n) is 5.03. The monoisotopic (exact) mass is 266 g/mol. The molecule has 94 valence electrons. The van der Waals surface area contributed by atoms with Gasteiger partial charge in [0.15, 0.2) is 0 Å². The molecule has 2 rings (SSSR count). The van der Waals surface area contributed by atoms with Gasteiger partial charge in [-0.05, 0) is 17.8 Å². The molecule has 0 spiro atoms. The van der Waals surface area contributed by atoms with Crippen LogP contribution in [0.4, 0.5) is 11.4 Å². The quantitative estimate of drug-likeness (QED) is 0.671. The summed E-state index contributed by atoms with van der Waals surface area (Å²) in [6.45, 7) is 1.68. The van der Waals surface area contributed by atoms with Crippen molar-refractivity contribution in [2.75, 3.05) is 12.4 Å². The maximum absolute atomic E-state index is 10.8. The summed E-state index contributed by atoms with van der Waals surface area (Å²) in [7, 11) is 1.70. The topological polar surface area (TPSA) is 94.1 Å². The molecule has 1 heterocycles. The predicted octanol–water partition coefficient (Wildman–Crippen LogP) is 2.48. The number of hydrogen-bond acceptors (Lipinski definition) is 7. The first kappa shape index (κ1) is 12.4. The van der Waals surface area contributed by atoms with Crippen LogP contribution in [0.1, 0.15) is 5.89 Å². The predicted molar refractivity (Wildman–Crippen MR) is 65.8 cm³/mol. The fourth-order valence-corrected chi connectivity index (χ4v) is 2.12. The fraction of sp³-hybridized carbons (Fsp3) is 0.200. The van der Waals surface area contributed by atoms with Crippen molar-refractivity contribution in [1.29, 1.82) is 0 Å². The van der Waals surface area contributed by atoms with E-state index in [2.05, 4.69) is 15.5 Å². The number of benzene rings is 1. The van der Waals surface area contributed by atoms with Crippen LogP contribution in [0.3, 0.4) is 0 Å². The number of hydrogen-bond donors (Lipinski definition) is 1. The van der Waals surface area contributed by atoms with Crippen molar-refractivity contribution < 1.29 is 9.34 Å². The second-order valence-corrected chi connectivity index (χ2v) is 4.44. The number of aromatic nitrogens is 2. The van der Waals surface area contributed by atoms with E-state index in [4.69, 9.17) is 4.42 Å². The molecule has 0 fully saturated rings. The Morgan fingerprint density at radius 3 is 2.72 bits per heavy atom. The molecule has 0 radical (unpaired) electrons. The molecule has 0 amide bonds. The van der Waals surface area contributed by atoms with Crippen LogP contribution in [0.2, 0.25) is 0 Å². The van der Waals surface area contributed by atoms with E-state index in [1.165, 1.54) is 23.9 Å². The zero-order chi connectivity index (χ0) is 13.1. The smallest absolute Gasteiger partial charge is 0.281 e. The van der Waals surface area contributed by atoms with E-state index in [0.29, 0.717) is 21.7 Å². The molecular formula is C10H10N4O3S. The molecule has 1 aromatic carbocycles. The average molecular weight is 266 g/mol. The summed E-state index contributed by atoms with van der Waals surface area (Å²) < 4.78 is 5.21. The second kappa shape index (κ2) is 5.05. The first-order chi connectivity index (χ1) is 8.58. The van der Waals surface area contributed by atoms with E-state index in [9.17, 15) is 10.1 Å². The van der Waals surface area contributed by atoms with Gasteiger partial charge in [-0.1, -0.05) is 0 Å². The second-order valence-electron chi connectivity index (χ2n) is 3.41. The third-order valence-corrected chi connectivity index (χ3v) is 2.91. The molecule has 2 aromatic rings. The summed E-state index contributed by atoms with van der Waals surface area (Å²) in [5, 5.41) is 21.5. The zero-order valence-electron chi connectivity index (χ0n) is 9.71. The SMILES string of the molecule is CNc1cc(Sc2nnc(C)o2)cc([N+](=O)[O-])c1. The Morgan fingerprint density at radius 1 is 1.39 bits per heavy atom. The van der Waals surface area contributed by atoms with Crippen LogP contribution >= 0.6 is 11.8 Å². The molecule has 0 unspecified atom stereocenters. The third kappa shape index (κ3) is 2.77. The third-order valence-electron chi connectivity index (χ3n) is 2.10. The van der Waals surface area contributed by atoms with Gasteiger partial charge in [-0.2, -0.15) is 0 Å². The van der Waals surface area contributed by atoms with Crippen molar-refractivity contribution in [1.82, 2.24) is 10.2 Å². The van der Waals surface area contributed by atoms with Crippen LogP contribution in [-0.2, 0) is 0 Å². The van der Waals surface area contributed by atoms with Crippen molar-refractivity contribution >= 4 is 23.1 Å². The van der Waals surface area contributed by atoms with Crippen LogP contribution in [0, 0.1) is 17.0 Å². The van der Waals surface area contributed by atoms with Crippen LogP contribution in [0.25, 0.3) is 0 Å². The summed E-state index contributed by atoms with van der Waals surface area (Å²) >= 11 is 1.18. The molecule has 18 heavy (non-hydrogen) atoms. The molecule has 0 saturated carbocycles. The molecular weight excluding hydrogens is 256 g/mol. The summed E-state index contributed by atoms with van der Waals surface area (Å²) in [4.78, 5) is 11.0. The Balaban J connectivity index is 2.32. The van der Waals surface area contributed by atoms with Crippen molar-refractivity contribution in [3.8, 4) is 0 Å². The summed E-state index contributed by atoms with van der Waals surface area (Å²) in [6, 6.07) is 4.70. The number of nitrogens with one attached hydrogen (secondary N) is 1. The molecule has 0 aliphatic rings. The number of anilines is 1. The van der Waals surface area contributed by atoms with Gasteiger partial charge in [0.2, 0.25) is 5.89 Å². The fourth-order valence-electron chi connectivity index (χ4n) is 1.31. The molecule has 0 bridgehead atoms. The van der Waals surface area contributed by atoms with Gasteiger partial charge in [0.1, 0.15) is 0 Å². The van der Waals surface area contributed by atoms with Crippen molar-refractivity contribution in [2.45, 2.75) is 17.0 Å². The maximum Gasteiger partial charge on any atom is 0.281 e. The highest BCUT2D eigenvalue weighted by atomic mass is 32.2. The molecule has 8 heteroatoms. The van der Waals surface area contributed by atoms with Crippen molar-refractivity contribution in [3.05, 3.63) is 34.2 Å². The zero-order valence-corrected chi connectivity index (χ0v) is 10.5. The van der Waals surface area contributed by atoms with E-state index in [1.54, 1.807) is 20.0 Å². The lowest BCUT2D eigenvalue weighted by molar-refractivity contribution is -0.385. The molecule has 1 N–H and O–H groups in total. The highest BCUT2D eigenvalue weighted by molar-refractivity contribution is 7.99. The Labute approximate surface area is 107 Å². The minimum Gasteiger partial charge on any atom is -0.416 e. The van der Waals surface area contributed by atoms with E-state index in [1.807, 2.05) is 0 Å². The van der Waals surface area contributed by atoms with Gasteiger partial charge >= 0.3 is 0 Å². The highest BCUT2D eigenvalue weighted by Gasteiger charge is 2.12. The van der Waals surface area contributed by atoms with Gasteiger partial charge < -0.3 is 9.73 Å². The van der Waals surface area contributed by atoms with Gasteiger partial charge in [-0.25, -0.2) is 0 Å². The highest BCUT2D eigenvalue weighted by Crippen LogP contribution is 2.31. The van der Waals surface area contributed by atoms with Crippen LogP contribution in [0.5, 0.6) is 0 Å². The lowest BCUT2D eigenvalue weighted by atomic mass is 10.3. The Kier molecular flexibility index (Phi) is 3.47. The van der Waals surface area contributed by atoms with E-state index < -0.39 is 4.92 Å². The Hall–Kier alpha value is -2.09. The first-order valence-corrected chi connectivity index (χ1v) is 5.85. The van der Waals surface area contributed by atoms with E-state index in [-0.39, 0.29) is 5.69 Å². The summed E-state index contributed by atoms with van der Waals surface area (Å²) in [6.07, 6.45) is 0. The Bertz CT molecular complexity index is 584. The molecule has 0 aliphatic heterocycles. The Morgan fingerprint density at radius 2 is 2.17 bits per heavy atom. The molecule has 7 nitrogen and oxygen atoms in total. The van der Waals surface area contributed by atoms with Crippen molar-refractivity contribution in [2.24, 2.45) is 0 Å². The normalized spacial score (nSPS) is 10.3. The van der Waals surface area contributed by atoms with Gasteiger partial charge in [-0.3, -0.25) is 10.1 Å². The maximum atomic E-state index is 10.8. The lowest BCUT2D eigenvalue weighted by Crippen LogP contribution is -1.93. The number of nitro groups is 1. The van der Waals surface area contributed by atoms with Crippen LogP contribution in [-0.4, -0.2) is 22.2 Å². The van der Waals surface area contributed by atoms with Crippen molar-refractivity contribution in [3.63, 3.8) is 0 Å².